The minimum atomic E-state index is -0.480. The Morgan fingerprint density at radius 2 is 1.65 bits per heavy atom. The van der Waals surface area contributed by atoms with E-state index in [2.05, 4.69) is 11.2 Å². The first kappa shape index (κ1) is 13.5. The minimum absolute atomic E-state index is 0.480. The van der Waals surface area contributed by atoms with Gasteiger partial charge < -0.3 is 4.84 Å². The molecule has 0 amide bonds. The van der Waals surface area contributed by atoms with Crippen LogP contribution in [0.4, 0.5) is 0 Å². The van der Waals surface area contributed by atoms with Gasteiger partial charge in [-0.15, -0.1) is 0 Å². The summed E-state index contributed by atoms with van der Waals surface area (Å²) in [5, 5.41) is 12.7. The topological polar surface area (TPSA) is 62.4 Å². The first-order valence-corrected chi connectivity index (χ1v) is 6.02. The minimum Gasteiger partial charge on any atom is -0.318 e. The van der Waals surface area contributed by atoms with E-state index < -0.39 is 5.97 Å². The second kappa shape index (κ2) is 6.30. The molecule has 4 nitrogen and oxygen atoms in total. The van der Waals surface area contributed by atoms with E-state index in [9.17, 15) is 4.79 Å². The second-order valence-electron chi connectivity index (χ2n) is 4.08. The van der Waals surface area contributed by atoms with Crippen molar-refractivity contribution in [2.24, 2.45) is 5.16 Å². The Balaban J connectivity index is 2.43. The summed E-state index contributed by atoms with van der Waals surface area (Å²) in [5.74, 6) is -0.480. The van der Waals surface area contributed by atoms with Crippen LogP contribution >= 0.6 is 0 Å². The van der Waals surface area contributed by atoms with Crippen molar-refractivity contribution in [3.63, 3.8) is 0 Å². The number of rotatable bonds is 3. The van der Waals surface area contributed by atoms with Gasteiger partial charge in [0, 0.05) is 18.1 Å². The third-order valence-electron chi connectivity index (χ3n) is 2.60. The highest BCUT2D eigenvalue weighted by atomic mass is 16.7. The molecule has 0 bridgehead atoms. The molecule has 0 fully saturated rings. The van der Waals surface area contributed by atoms with Crippen LogP contribution in [-0.2, 0) is 9.63 Å². The van der Waals surface area contributed by atoms with Crippen LogP contribution in [0, 0.1) is 11.3 Å². The van der Waals surface area contributed by atoms with Gasteiger partial charge in [-0.05, 0) is 12.1 Å². The molecule has 98 valence electrons. The third kappa shape index (κ3) is 3.30. The first-order chi connectivity index (χ1) is 9.70. The zero-order chi connectivity index (χ0) is 14.4. The summed E-state index contributed by atoms with van der Waals surface area (Å²) in [7, 11) is 0. The maximum Gasteiger partial charge on any atom is 0.332 e. The van der Waals surface area contributed by atoms with Crippen molar-refractivity contribution in [1.29, 1.82) is 5.26 Å². The molecule has 0 saturated carbocycles. The van der Waals surface area contributed by atoms with Gasteiger partial charge in [0.25, 0.3) is 0 Å². The van der Waals surface area contributed by atoms with E-state index in [1.165, 1.54) is 6.92 Å². The molecule has 2 aromatic rings. The molecule has 20 heavy (non-hydrogen) atoms. The first-order valence-electron chi connectivity index (χ1n) is 6.02. The van der Waals surface area contributed by atoms with E-state index in [0.717, 1.165) is 11.1 Å². The molecule has 0 aromatic heterocycles. The molecule has 0 radical (unpaired) electrons. The molecular formula is C16H12N2O2. The van der Waals surface area contributed by atoms with Gasteiger partial charge in [0.05, 0.1) is 11.6 Å². The average Bonchev–Trinajstić information content (AvgIpc) is 2.49. The molecule has 2 rings (SSSR count). The van der Waals surface area contributed by atoms with Crippen molar-refractivity contribution in [1.82, 2.24) is 0 Å². The lowest BCUT2D eigenvalue weighted by Crippen LogP contribution is -2.06. The zero-order valence-electron chi connectivity index (χ0n) is 10.9. The van der Waals surface area contributed by atoms with Gasteiger partial charge in [0.2, 0.25) is 0 Å². The summed E-state index contributed by atoms with van der Waals surface area (Å²) in [6, 6.07) is 18.4. The Labute approximate surface area is 116 Å². The van der Waals surface area contributed by atoms with Gasteiger partial charge in [0.15, 0.2) is 0 Å². The quantitative estimate of drug-likeness (QED) is 0.486. The lowest BCUT2D eigenvalue weighted by Gasteiger charge is -2.06. The highest BCUT2D eigenvalue weighted by molar-refractivity contribution is 6.12. The van der Waals surface area contributed by atoms with Crippen molar-refractivity contribution in [2.45, 2.75) is 6.92 Å². The molecule has 2 aromatic carbocycles. The molecule has 0 aliphatic carbocycles. The van der Waals surface area contributed by atoms with E-state index in [0.29, 0.717) is 11.3 Å². The second-order valence-corrected chi connectivity index (χ2v) is 4.08. The Morgan fingerprint density at radius 3 is 2.20 bits per heavy atom. The van der Waals surface area contributed by atoms with Crippen LogP contribution < -0.4 is 0 Å². The number of hydrogen-bond acceptors (Lipinski definition) is 4. The van der Waals surface area contributed by atoms with Gasteiger partial charge in [-0.25, -0.2) is 4.79 Å². The van der Waals surface area contributed by atoms with E-state index in [1.54, 1.807) is 24.3 Å². The number of benzene rings is 2. The van der Waals surface area contributed by atoms with Crippen molar-refractivity contribution >= 4 is 11.7 Å². The van der Waals surface area contributed by atoms with Gasteiger partial charge in [0.1, 0.15) is 5.71 Å². The standard InChI is InChI=1S/C16H12N2O2/c1-12(19)20-18-16(14-5-3-2-4-6-14)15-9-7-13(11-17)8-10-15/h2-10H,1H3. The number of nitriles is 1. The predicted octanol–water partition coefficient (Wildman–Crippen LogP) is 2.87. The average molecular weight is 264 g/mol. The number of carbonyl (C=O) groups excluding carboxylic acids is 1. The number of hydrogen-bond donors (Lipinski definition) is 0. The van der Waals surface area contributed by atoms with E-state index >= 15 is 0 Å². The van der Waals surface area contributed by atoms with E-state index in [1.807, 2.05) is 30.3 Å². The van der Waals surface area contributed by atoms with E-state index in [-0.39, 0.29) is 0 Å². The summed E-state index contributed by atoms with van der Waals surface area (Å²) in [5.41, 5.74) is 2.72. The van der Waals surface area contributed by atoms with E-state index in [4.69, 9.17) is 10.1 Å². The Hall–Kier alpha value is -2.93. The molecule has 0 atom stereocenters. The maximum absolute atomic E-state index is 10.9. The van der Waals surface area contributed by atoms with Crippen molar-refractivity contribution in [3.05, 3.63) is 71.3 Å². The highest BCUT2D eigenvalue weighted by Gasteiger charge is 2.08. The number of nitrogens with zero attached hydrogens (tertiary/aromatic N) is 2. The van der Waals surface area contributed by atoms with Crippen LogP contribution in [0.15, 0.2) is 59.8 Å². The van der Waals surface area contributed by atoms with Crippen LogP contribution in [0.1, 0.15) is 23.6 Å². The van der Waals surface area contributed by atoms with Crippen LogP contribution in [0.25, 0.3) is 0 Å². The monoisotopic (exact) mass is 264 g/mol. The van der Waals surface area contributed by atoms with Crippen molar-refractivity contribution in [2.75, 3.05) is 0 Å². The van der Waals surface area contributed by atoms with Crippen molar-refractivity contribution in [3.8, 4) is 6.07 Å². The molecule has 0 unspecified atom stereocenters. The van der Waals surface area contributed by atoms with Crippen LogP contribution in [0.3, 0.4) is 0 Å². The van der Waals surface area contributed by atoms with Crippen molar-refractivity contribution < 1.29 is 9.63 Å². The Morgan fingerprint density at radius 1 is 1.05 bits per heavy atom. The summed E-state index contributed by atoms with van der Waals surface area (Å²) in [6.45, 7) is 1.30. The molecule has 0 heterocycles. The summed E-state index contributed by atoms with van der Waals surface area (Å²) in [4.78, 5) is 15.7. The fraction of sp³-hybridized carbons (Fsp3) is 0.0625. The van der Waals surface area contributed by atoms with Gasteiger partial charge in [-0.3, -0.25) is 0 Å². The summed E-state index contributed by atoms with van der Waals surface area (Å²) >= 11 is 0. The molecular weight excluding hydrogens is 252 g/mol. The number of carbonyl (C=O) groups is 1. The summed E-state index contributed by atoms with van der Waals surface area (Å²) < 4.78 is 0. The highest BCUT2D eigenvalue weighted by Crippen LogP contribution is 2.12. The summed E-state index contributed by atoms with van der Waals surface area (Å²) in [6.07, 6.45) is 0. The molecule has 0 aliphatic rings. The molecule has 0 spiro atoms. The normalized spacial score (nSPS) is 10.7. The fourth-order valence-corrected chi connectivity index (χ4v) is 1.68. The maximum atomic E-state index is 10.9. The fourth-order valence-electron chi connectivity index (χ4n) is 1.68. The smallest absolute Gasteiger partial charge is 0.318 e. The van der Waals surface area contributed by atoms with Gasteiger partial charge in [-0.2, -0.15) is 5.26 Å². The van der Waals surface area contributed by atoms with Crippen LogP contribution in [0.5, 0.6) is 0 Å². The zero-order valence-corrected chi connectivity index (χ0v) is 10.9. The largest absolute Gasteiger partial charge is 0.332 e. The van der Waals surface area contributed by atoms with Crippen LogP contribution in [0.2, 0.25) is 0 Å². The predicted molar refractivity (Wildman–Crippen MR) is 75.0 cm³/mol. The van der Waals surface area contributed by atoms with Gasteiger partial charge >= 0.3 is 5.97 Å². The lowest BCUT2D eigenvalue weighted by molar-refractivity contribution is -0.140. The third-order valence-corrected chi connectivity index (χ3v) is 2.60. The Bertz CT molecular complexity index is 668. The number of oxime groups is 1. The molecule has 0 aliphatic heterocycles. The molecule has 0 saturated heterocycles. The van der Waals surface area contributed by atoms with Gasteiger partial charge in [-0.1, -0.05) is 47.6 Å². The Kier molecular flexibility index (Phi) is 4.25. The lowest BCUT2D eigenvalue weighted by atomic mass is 10.0. The molecule has 4 heteroatoms. The molecule has 0 N–H and O–H groups in total. The van der Waals surface area contributed by atoms with Crippen LogP contribution in [-0.4, -0.2) is 11.7 Å². The SMILES string of the molecule is CC(=O)ON=C(c1ccccc1)c1ccc(C#N)cc1.